The second-order valence-electron chi connectivity index (χ2n) is 5.65. The van der Waals surface area contributed by atoms with Crippen LogP contribution in [0.25, 0.3) is 0 Å². The second-order valence-corrected chi connectivity index (χ2v) is 5.65. The van der Waals surface area contributed by atoms with Crippen LogP contribution < -0.4 is 0 Å². The fourth-order valence-electron chi connectivity index (χ4n) is 2.91. The van der Waals surface area contributed by atoms with E-state index in [1.54, 1.807) is 6.92 Å². The first kappa shape index (κ1) is 14.0. The molecule has 1 aliphatic carbocycles. The molecule has 1 aromatic rings. The third-order valence-corrected chi connectivity index (χ3v) is 4.30. The lowest BCUT2D eigenvalue weighted by Gasteiger charge is -2.33. The molecular formula is C17H21FO. The van der Waals surface area contributed by atoms with Crippen molar-refractivity contribution in [2.45, 2.75) is 39.8 Å². The normalized spacial score (nSPS) is 25.3. The van der Waals surface area contributed by atoms with Crippen LogP contribution in [0.3, 0.4) is 0 Å². The molecule has 2 heteroatoms. The van der Waals surface area contributed by atoms with E-state index in [9.17, 15) is 9.18 Å². The van der Waals surface area contributed by atoms with E-state index < -0.39 is 6.17 Å². The Morgan fingerprint density at radius 3 is 2.32 bits per heavy atom. The summed E-state index contributed by atoms with van der Waals surface area (Å²) in [5.41, 5.74) is 3.18. The van der Waals surface area contributed by atoms with Crippen molar-refractivity contribution in [3.63, 3.8) is 0 Å². The van der Waals surface area contributed by atoms with Crippen LogP contribution in [0.1, 0.15) is 44.0 Å². The summed E-state index contributed by atoms with van der Waals surface area (Å²) >= 11 is 0. The molecule has 102 valence electrons. The number of carbonyl (C=O) groups excluding carboxylic acids is 1. The number of Topliss-reactive ketones (excluding diaryl/α,β-unsaturated/α-hetero) is 1. The molecule has 0 fully saturated rings. The molecule has 0 heterocycles. The quantitative estimate of drug-likeness (QED) is 0.574. The zero-order chi connectivity index (χ0) is 14.0. The Morgan fingerprint density at radius 2 is 1.74 bits per heavy atom. The first-order valence-electron chi connectivity index (χ1n) is 6.89. The molecule has 0 radical (unpaired) electrons. The lowest BCUT2D eigenvalue weighted by atomic mass is 9.71. The van der Waals surface area contributed by atoms with Crippen molar-refractivity contribution in [1.82, 2.24) is 0 Å². The maximum absolute atomic E-state index is 13.8. The van der Waals surface area contributed by atoms with Gasteiger partial charge in [0, 0.05) is 17.4 Å². The number of alkyl halides is 1. The standard InChI is InChI=1S/C17H21FO/c1-11-9-15(13(3)18)16(10-12(11)2)17(19)14-7-5-4-6-8-14/h4-8,13,15-16H,9-10H2,1-3H3/t13-,15+,16-/m1/s1. The van der Waals surface area contributed by atoms with Gasteiger partial charge in [-0.2, -0.15) is 0 Å². The molecule has 19 heavy (non-hydrogen) atoms. The van der Waals surface area contributed by atoms with Crippen molar-refractivity contribution < 1.29 is 9.18 Å². The molecule has 0 amide bonds. The van der Waals surface area contributed by atoms with Gasteiger partial charge >= 0.3 is 0 Å². The Morgan fingerprint density at radius 1 is 1.16 bits per heavy atom. The molecule has 1 aromatic carbocycles. The number of ketones is 1. The van der Waals surface area contributed by atoms with Crippen LogP contribution in [0, 0.1) is 11.8 Å². The van der Waals surface area contributed by atoms with Crippen LogP contribution in [0.15, 0.2) is 41.5 Å². The van der Waals surface area contributed by atoms with Gasteiger partial charge in [-0.3, -0.25) is 4.79 Å². The summed E-state index contributed by atoms with van der Waals surface area (Å²) in [5.74, 6) is -0.315. The number of hydrogen-bond acceptors (Lipinski definition) is 1. The molecule has 0 saturated carbocycles. The van der Waals surface area contributed by atoms with Gasteiger partial charge in [0.05, 0.1) is 0 Å². The second kappa shape index (κ2) is 5.68. The average Bonchev–Trinajstić information content (AvgIpc) is 2.41. The first-order valence-corrected chi connectivity index (χ1v) is 6.89. The van der Waals surface area contributed by atoms with Gasteiger partial charge in [-0.25, -0.2) is 4.39 Å². The van der Waals surface area contributed by atoms with Crippen molar-refractivity contribution in [1.29, 1.82) is 0 Å². The summed E-state index contributed by atoms with van der Waals surface area (Å²) in [6, 6.07) is 9.25. The van der Waals surface area contributed by atoms with Crippen LogP contribution in [-0.2, 0) is 0 Å². The van der Waals surface area contributed by atoms with Crippen molar-refractivity contribution in [2.75, 3.05) is 0 Å². The number of benzene rings is 1. The van der Waals surface area contributed by atoms with Gasteiger partial charge in [-0.1, -0.05) is 41.5 Å². The lowest BCUT2D eigenvalue weighted by molar-refractivity contribution is 0.0788. The topological polar surface area (TPSA) is 17.1 Å². The van der Waals surface area contributed by atoms with Gasteiger partial charge in [0.15, 0.2) is 5.78 Å². The van der Waals surface area contributed by atoms with E-state index in [-0.39, 0.29) is 17.6 Å². The van der Waals surface area contributed by atoms with Crippen LogP contribution in [-0.4, -0.2) is 12.0 Å². The zero-order valence-corrected chi connectivity index (χ0v) is 11.8. The minimum atomic E-state index is -0.944. The molecule has 3 atom stereocenters. The first-order chi connectivity index (χ1) is 9.00. The van der Waals surface area contributed by atoms with E-state index in [1.807, 2.05) is 37.3 Å². The number of allylic oxidation sites excluding steroid dienone is 2. The number of halogens is 1. The molecule has 1 aliphatic rings. The monoisotopic (exact) mass is 260 g/mol. The molecular weight excluding hydrogens is 239 g/mol. The maximum atomic E-state index is 13.8. The molecule has 0 bridgehead atoms. The third-order valence-electron chi connectivity index (χ3n) is 4.30. The number of carbonyl (C=O) groups is 1. The summed E-state index contributed by atoms with van der Waals surface area (Å²) < 4.78 is 13.8. The predicted molar refractivity (Wildman–Crippen MR) is 75.9 cm³/mol. The number of hydrogen-bond donors (Lipinski definition) is 0. The van der Waals surface area contributed by atoms with Crippen LogP contribution in [0.4, 0.5) is 4.39 Å². The van der Waals surface area contributed by atoms with E-state index in [4.69, 9.17) is 0 Å². The van der Waals surface area contributed by atoms with Crippen molar-refractivity contribution >= 4 is 5.78 Å². The van der Waals surface area contributed by atoms with Crippen molar-refractivity contribution in [3.05, 3.63) is 47.0 Å². The summed E-state index contributed by atoms with van der Waals surface area (Å²) in [7, 11) is 0. The summed E-state index contributed by atoms with van der Waals surface area (Å²) in [6.07, 6.45) is 0.450. The molecule has 0 saturated heterocycles. The number of rotatable bonds is 3. The van der Waals surface area contributed by atoms with Crippen molar-refractivity contribution in [2.24, 2.45) is 11.8 Å². The van der Waals surface area contributed by atoms with Gasteiger partial charge < -0.3 is 0 Å². The Bertz CT molecular complexity index is 487. The lowest BCUT2D eigenvalue weighted by Crippen LogP contribution is -2.33. The smallest absolute Gasteiger partial charge is 0.166 e. The molecule has 2 rings (SSSR count). The third kappa shape index (κ3) is 2.94. The van der Waals surface area contributed by atoms with E-state index in [2.05, 4.69) is 6.92 Å². The maximum Gasteiger partial charge on any atom is 0.166 e. The fourth-order valence-corrected chi connectivity index (χ4v) is 2.91. The molecule has 1 nitrogen and oxygen atoms in total. The highest BCUT2D eigenvalue weighted by Gasteiger charge is 2.36. The van der Waals surface area contributed by atoms with Gasteiger partial charge in [0.2, 0.25) is 0 Å². The van der Waals surface area contributed by atoms with Gasteiger partial charge in [-0.05, 0) is 33.6 Å². The summed E-state index contributed by atoms with van der Waals surface area (Å²) in [5, 5.41) is 0. The molecule has 0 spiro atoms. The largest absolute Gasteiger partial charge is 0.294 e. The minimum Gasteiger partial charge on any atom is -0.294 e. The van der Waals surface area contributed by atoms with Crippen molar-refractivity contribution in [3.8, 4) is 0 Å². The Hall–Kier alpha value is -1.44. The highest BCUT2D eigenvalue weighted by Crippen LogP contribution is 2.38. The highest BCUT2D eigenvalue weighted by molar-refractivity contribution is 5.98. The van der Waals surface area contributed by atoms with Crippen LogP contribution in [0.2, 0.25) is 0 Å². The van der Waals surface area contributed by atoms with E-state index in [0.29, 0.717) is 18.4 Å². The Balaban J connectivity index is 2.29. The zero-order valence-electron chi connectivity index (χ0n) is 11.8. The fraction of sp³-hybridized carbons (Fsp3) is 0.471. The molecule has 0 aliphatic heterocycles. The molecule has 0 aromatic heterocycles. The molecule has 0 N–H and O–H groups in total. The average molecular weight is 260 g/mol. The van der Waals surface area contributed by atoms with Gasteiger partial charge in [0.1, 0.15) is 6.17 Å². The summed E-state index contributed by atoms with van der Waals surface area (Å²) in [6.45, 7) is 5.68. The predicted octanol–water partition coefficient (Wildman–Crippen LogP) is 4.59. The molecule has 0 unspecified atom stereocenters. The minimum absolute atomic E-state index is 0.0851. The summed E-state index contributed by atoms with van der Waals surface area (Å²) in [4.78, 5) is 12.6. The van der Waals surface area contributed by atoms with Gasteiger partial charge in [-0.15, -0.1) is 0 Å². The van der Waals surface area contributed by atoms with E-state index in [1.165, 1.54) is 11.1 Å². The Labute approximate surface area is 114 Å². The SMILES string of the molecule is CC1=C(C)C[C@@H](C(=O)c2ccccc2)[C@H]([C@@H](C)F)C1. The highest BCUT2D eigenvalue weighted by atomic mass is 19.1. The van der Waals surface area contributed by atoms with Gasteiger partial charge in [0.25, 0.3) is 0 Å². The van der Waals surface area contributed by atoms with E-state index >= 15 is 0 Å². The Kier molecular flexibility index (Phi) is 4.18. The van der Waals surface area contributed by atoms with Crippen LogP contribution in [0.5, 0.6) is 0 Å². The van der Waals surface area contributed by atoms with Crippen LogP contribution >= 0.6 is 0 Å². The van der Waals surface area contributed by atoms with E-state index in [0.717, 1.165) is 0 Å².